The van der Waals surface area contributed by atoms with Gasteiger partial charge in [-0.3, -0.25) is 4.79 Å². The Morgan fingerprint density at radius 2 is 2.20 bits per heavy atom. The summed E-state index contributed by atoms with van der Waals surface area (Å²) in [6, 6.07) is 0. The summed E-state index contributed by atoms with van der Waals surface area (Å²) in [6.07, 6.45) is 0.763. The summed E-state index contributed by atoms with van der Waals surface area (Å²) in [6.45, 7) is 0.0843. The molecule has 0 aliphatic heterocycles. The number of aliphatic hydroxyl groups is 1. The summed E-state index contributed by atoms with van der Waals surface area (Å²) in [5.74, 6) is -0.654. The lowest BCUT2D eigenvalue weighted by atomic mass is 10.1. The van der Waals surface area contributed by atoms with Gasteiger partial charge in [0.25, 0.3) is 0 Å². The van der Waals surface area contributed by atoms with Gasteiger partial charge in [-0.25, -0.2) is 0 Å². The maximum Gasteiger partial charge on any atom is 0.303 e. The van der Waals surface area contributed by atoms with E-state index in [0.717, 1.165) is 4.43 Å². The second kappa shape index (κ2) is 5.91. The highest BCUT2D eigenvalue weighted by molar-refractivity contribution is 14.1. The van der Waals surface area contributed by atoms with Crippen molar-refractivity contribution in [2.24, 2.45) is 5.92 Å². The number of hydrogen-bond acceptors (Lipinski definition) is 2. The van der Waals surface area contributed by atoms with Crippen molar-refractivity contribution in [2.45, 2.75) is 12.8 Å². The van der Waals surface area contributed by atoms with E-state index in [0.29, 0.717) is 6.42 Å². The molecule has 0 heterocycles. The first-order valence-corrected chi connectivity index (χ1v) is 4.62. The van der Waals surface area contributed by atoms with Crippen molar-refractivity contribution in [3.8, 4) is 0 Å². The fourth-order valence-corrected chi connectivity index (χ4v) is 1.42. The van der Waals surface area contributed by atoms with Crippen molar-refractivity contribution < 1.29 is 15.0 Å². The number of alkyl halides is 1. The summed E-state index contributed by atoms with van der Waals surface area (Å²) >= 11 is 2.13. The molecule has 0 saturated carbocycles. The minimum absolute atomic E-state index is 0.0843. The van der Waals surface area contributed by atoms with Crippen molar-refractivity contribution in [1.82, 2.24) is 0 Å². The number of halogens is 1. The molecule has 10 heavy (non-hydrogen) atoms. The molecule has 0 amide bonds. The molecule has 0 unspecified atom stereocenters. The molecule has 0 bridgehead atoms. The molecule has 0 aliphatic rings. The number of carboxylic acids is 1. The highest BCUT2D eigenvalue weighted by Gasteiger charge is 2.10. The smallest absolute Gasteiger partial charge is 0.303 e. The highest BCUT2D eigenvalue weighted by atomic mass is 127. The quantitative estimate of drug-likeness (QED) is 0.569. The van der Waals surface area contributed by atoms with Gasteiger partial charge in [-0.05, 0) is 12.3 Å². The van der Waals surface area contributed by atoms with E-state index >= 15 is 0 Å². The minimum Gasteiger partial charge on any atom is -0.481 e. The van der Waals surface area contributed by atoms with Crippen LogP contribution in [0.4, 0.5) is 0 Å². The third-order valence-corrected chi connectivity index (χ3v) is 2.46. The van der Waals surface area contributed by atoms with Gasteiger partial charge in [0.2, 0.25) is 0 Å². The van der Waals surface area contributed by atoms with Gasteiger partial charge in [0.15, 0.2) is 0 Å². The van der Waals surface area contributed by atoms with Crippen molar-refractivity contribution in [3.63, 3.8) is 0 Å². The Hall–Kier alpha value is 0.160. The number of carboxylic acid groups (broad SMARTS) is 1. The van der Waals surface area contributed by atoms with Crippen LogP contribution in [0.3, 0.4) is 0 Å². The van der Waals surface area contributed by atoms with Gasteiger partial charge < -0.3 is 10.2 Å². The number of aliphatic carboxylic acids is 1. The van der Waals surface area contributed by atoms with E-state index in [1.807, 2.05) is 0 Å². The normalized spacial score (nSPS) is 13.0. The Bertz CT molecular complexity index is 105. The molecular formula is C6H11IO3. The second-order valence-corrected chi connectivity index (χ2v) is 3.01. The predicted octanol–water partition coefficient (Wildman–Crippen LogP) is 0.895. The van der Waals surface area contributed by atoms with E-state index in [4.69, 9.17) is 10.2 Å². The molecule has 0 aliphatic carbocycles. The van der Waals surface area contributed by atoms with Crippen molar-refractivity contribution in [3.05, 3.63) is 0 Å². The van der Waals surface area contributed by atoms with Crippen LogP contribution in [0.25, 0.3) is 0 Å². The maximum absolute atomic E-state index is 10.2. The largest absolute Gasteiger partial charge is 0.481 e. The summed E-state index contributed by atoms with van der Waals surface area (Å²) in [5, 5.41) is 16.8. The molecule has 0 spiro atoms. The van der Waals surface area contributed by atoms with Crippen LogP contribution in [0.2, 0.25) is 0 Å². The SMILES string of the molecule is O=C(O)C[C@H](CI)CCO. The minimum atomic E-state index is -0.782. The number of aliphatic hydroxyl groups excluding tert-OH is 1. The molecule has 3 nitrogen and oxygen atoms in total. The molecule has 0 rings (SSSR count). The Morgan fingerprint density at radius 1 is 1.60 bits per heavy atom. The monoisotopic (exact) mass is 258 g/mol. The highest BCUT2D eigenvalue weighted by Crippen LogP contribution is 2.11. The topological polar surface area (TPSA) is 57.5 Å². The van der Waals surface area contributed by atoms with Crippen LogP contribution in [-0.4, -0.2) is 27.2 Å². The molecule has 0 fully saturated rings. The maximum atomic E-state index is 10.2. The van der Waals surface area contributed by atoms with Crippen molar-refractivity contribution in [2.75, 3.05) is 11.0 Å². The Kier molecular flexibility index (Phi) is 6.00. The van der Waals surface area contributed by atoms with Gasteiger partial charge in [-0.2, -0.15) is 0 Å². The molecule has 0 aromatic rings. The third kappa shape index (κ3) is 4.99. The zero-order valence-corrected chi connectivity index (χ0v) is 7.74. The predicted molar refractivity (Wildman–Crippen MR) is 46.3 cm³/mol. The van der Waals surface area contributed by atoms with Crippen LogP contribution < -0.4 is 0 Å². The van der Waals surface area contributed by atoms with Crippen LogP contribution in [0.1, 0.15) is 12.8 Å². The van der Waals surface area contributed by atoms with Crippen molar-refractivity contribution >= 4 is 28.6 Å². The van der Waals surface area contributed by atoms with Crippen LogP contribution in [0.5, 0.6) is 0 Å². The van der Waals surface area contributed by atoms with Gasteiger partial charge in [0.05, 0.1) is 0 Å². The zero-order valence-electron chi connectivity index (χ0n) is 5.59. The second-order valence-electron chi connectivity index (χ2n) is 2.13. The first kappa shape index (κ1) is 10.2. The van der Waals surface area contributed by atoms with E-state index in [9.17, 15) is 4.79 Å². The van der Waals surface area contributed by atoms with E-state index in [1.54, 1.807) is 0 Å². The standard InChI is InChI=1S/C6H11IO3/c7-4-5(1-2-8)3-6(9)10/h5,8H,1-4H2,(H,9,10)/t5-/m1/s1. The van der Waals surface area contributed by atoms with Gasteiger partial charge in [-0.1, -0.05) is 22.6 Å². The zero-order chi connectivity index (χ0) is 7.98. The summed E-state index contributed by atoms with van der Waals surface area (Å²) < 4.78 is 0.796. The molecular weight excluding hydrogens is 247 g/mol. The van der Waals surface area contributed by atoms with E-state index < -0.39 is 5.97 Å². The molecule has 0 radical (unpaired) electrons. The molecule has 60 valence electrons. The van der Waals surface area contributed by atoms with Crippen LogP contribution in [0.15, 0.2) is 0 Å². The third-order valence-electron chi connectivity index (χ3n) is 1.22. The lowest BCUT2D eigenvalue weighted by molar-refractivity contribution is -0.137. The van der Waals surface area contributed by atoms with Gasteiger partial charge in [0.1, 0.15) is 0 Å². The average molecular weight is 258 g/mol. The first-order valence-electron chi connectivity index (χ1n) is 3.09. The lowest BCUT2D eigenvalue weighted by Crippen LogP contribution is -2.10. The lowest BCUT2D eigenvalue weighted by Gasteiger charge is -2.07. The van der Waals surface area contributed by atoms with Gasteiger partial charge in [-0.15, -0.1) is 0 Å². The number of hydrogen-bond donors (Lipinski definition) is 2. The Balaban J connectivity index is 3.49. The van der Waals surface area contributed by atoms with E-state index in [1.165, 1.54) is 0 Å². The molecule has 0 aromatic carbocycles. The molecule has 2 N–H and O–H groups in total. The van der Waals surface area contributed by atoms with Crippen molar-refractivity contribution in [1.29, 1.82) is 0 Å². The fraction of sp³-hybridized carbons (Fsp3) is 0.833. The summed E-state index contributed by atoms with van der Waals surface area (Å²) in [7, 11) is 0. The first-order chi connectivity index (χ1) is 4.70. The molecule has 0 aromatic heterocycles. The van der Waals surface area contributed by atoms with Crippen LogP contribution in [-0.2, 0) is 4.79 Å². The Morgan fingerprint density at radius 3 is 2.50 bits per heavy atom. The van der Waals surface area contributed by atoms with Gasteiger partial charge >= 0.3 is 5.97 Å². The van der Waals surface area contributed by atoms with Gasteiger partial charge in [0, 0.05) is 17.5 Å². The average Bonchev–Trinajstić information content (AvgIpc) is 1.86. The molecule has 4 heteroatoms. The molecule has 0 saturated heterocycles. The van der Waals surface area contributed by atoms with Crippen LogP contribution >= 0.6 is 22.6 Å². The number of rotatable bonds is 5. The summed E-state index contributed by atoms with van der Waals surface area (Å²) in [5.41, 5.74) is 0. The number of carbonyl (C=O) groups is 1. The fourth-order valence-electron chi connectivity index (χ4n) is 0.663. The summed E-state index contributed by atoms with van der Waals surface area (Å²) in [4.78, 5) is 10.2. The Labute approximate surface area is 73.6 Å². The van der Waals surface area contributed by atoms with Crippen LogP contribution in [0, 0.1) is 5.92 Å². The van der Waals surface area contributed by atoms with E-state index in [2.05, 4.69) is 22.6 Å². The molecule has 1 atom stereocenters. The van der Waals surface area contributed by atoms with E-state index in [-0.39, 0.29) is 18.9 Å².